The summed E-state index contributed by atoms with van der Waals surface area (Å²) in [7, 11) is 0. The van der Waals surface area contributed by atoms with Crippen molar-refractivity contribution >= 4 is 32.8 Å². The van der Waals surface area contributed by atoms with Crippen LogP contribution in [0, 0.1) is 0 Å². The van der Waals surface area contributed by atoms with Gasteiger partial charge in [0, 0.05) is 16.3 Å². The van der Waals surface area contributed by atoms with Crippen LogP contribution >= 0.6 is 27.7 Å². The largest absolute Gasteiger partial charge is 0.282 e. The molecule has 0 saturated carbocycles. The van der Waals surface area contributed by atoms with Crippen molar-refractivity contribution in [1.82, 2.24) is 0 Å². The molecule has 0 spiro atoms. The Morgan fingerprint density at radius 2 is 2.57 bits per heavy atom. The van der Waals surface area contributed by atoms with E-state index in [0.29, 0.717) is 0 Å². The van der Waals surface area contributed by atoms with E-state index < -0.39 is 0 Å². The van der Waals surface area contributed by atoms with Crippen LogP contribution in [-0.2, 0) is 4.79 Å². The standard InChI is InChI=1S/C4H3BrOS/c5-3-1-4(6)7-2-3/h1H,2H2. The number of rotatable bonds is 0. The highest BCUT2D eigenvalue weighted by molar-refractivity contribution is 9.12. The summed E-state index contributed by atoms with van der Waals surface area (Å²) in [5, 5.41) is 0.159. The summed E-state index contributed by atoms with van der Waals surface area (Å²) in [5.41, 5.74) is 0. The van der Waals surface area contributed by atoms with Gasteiger partial charge in [0.1, 0.15) is 0 Å². The Morgan fingerprint density at radius 3 is 2.71 bits per heavy atom. The first-order chi connectivity index (χ1) is 3.29. The third-order valence-corrected chi connectivity index (χ3v) is 2.36. The molecule has 1 nitrogen and oxygen atoms in total. The van der Waals surface area contributed by atoms with Crippen molar-refractivity contribution in [2.24, 2.45) is 0 Å². The van der Waals surface area contributed by atoms with Gasteiger partial charge >= 0.3 is 0 Å². The zero-order valence-corrected chi connectivity index (χ0v) is 5.88. The molecular formula is C4H3BrOS. The molecule has 1 heterocycles. The quantitative estimate of drug-likeness (QED) is 0.561. The molecule has 1 aliphatic rings. The zero-order chi connectivity index (χ0) is 5.28. The van der Waals surface area contributed by atoms with E-state index >= 15 is 0 Å². The van der Waals surface area contributed by atoms with Crippen molar-refractivity contribution in [2.45, 2.75) is 0 Å². The van der Waals surface area contributed by atoms with Crippen molar-refractivity contribution in [3.8, 4) is 0 Å². The maximum atomic E-state index is 10.3. The number of thioether (sulfide) groups is 1. The summed E-state index contributed by atoms with van der Waals surface area (Å²) < 4.78 is 1.00. The molecule has 1 aliphatic heterocycles. The second kappa shape index (κ2) is 2.01. The third-order valence-electron chi connectivity index (χ3n) is 0.627. The predicted molar refractivity (Wildman–Crippen MR) is 34.5 cm³/mol. The number of carbonyl (C=O) groups excluding carboxylic acids is 1. The first-order valence-corrected chi connectivity index (χ1v) is 3.60. The summed E-state index contributed by atoms with van der Waals surface area (Å²) in [6.07, 6.45) is 1.60. The van der Waals surface area contributed by atoms with Gasteiger partial charge in [-0.05, 0) is 0 Å². The van der Waals surface area contributed by atoms with Crippen LogP contribution in [0.4, 0.5) is 0 Å². The topological polar surface area (TPSA) is 17.1 Å². The molecule has 0 unspecified atom stereocenters. The molecule has 0 radical (unpaired) electrons. The average Bonchev–Trinajstić information content (AvgIpc) is 1.87. The molecule has 0 aromatic carbocycles. The minimum Gasteiger partial charge on any atom is -0.282 e. The van der Waals surface area contributed by atoms with Gasteiger partial charge in [0.25, 0.3) is 0 Å². The molecule has 0 amide bonds. The van der Waals surface area contributed by atoms with Gasteiger partial charge < -0.3 is 0 Å². The van der Waals surface area contributed by atoms with Crippen LogP contribution < -0.4 is 0 Å². The molecule has 0 bridgehead atoms. The molecule has 0 aromatic rings. The Labute approximate surface area is 54.3 Å². The minimum absolute atomic E-state index is 0.159. The third kappa shape index (κ3) is 1.31. The van der Waals surface area contributed by atoms with Crippen LogP contribution in [0.15, 0.2) is 10.6 Å². The van der Waals surface area contributed by atoms with Gasteiger partial charge in [0.15, 0.2) is 0 Å². The normalized spacial score (nSPS) is 20.1. The lowest BCUT2D eigenvalue weighted by molar-refractivity contribution is -0.106. The molecule has 0 aromatic heterocycles. The van der Waals surface area contributed by atoms with Crippen molar-refractivity contribution in [2.75, 3.05) is 5.75 Å². The van der Waals surface area contributed by atoms with Crippen LogP contribution in [0.25, 0.3) is 0 Å². The van der Waals surface area contributed by atoms with Crippen LogP contribution in [0.3, 0.4) is 0 Å². The molecule has 38 valence electrons. The van der Waals surface area contributed by atoms with Crippen LogP contribution in [-0.4, -0.2) is 10.9 Å². The lowest BCUT2D eigenvalue weighted by Gasteiger charge is -1.76. The van der Waals surface area contributed by atoms with E-state index in [4.69, 9.17) is 0 Å². The summed E-state index contributed by atoms with van der Waals surface area (Å²) >= 11 is 4.53. The number of hydrogen-bond donors (Lipinski definition) is 0. The Hall–Kier alpha value is 0.240. The number of halogens is 1. The summed E-state index contributed by atoms with van der Waals surface area (Å²) in [5.74, 6) is 0.818. The van der Waals surface area contributed by atoms with Gasteiger partial charge in [0.05, 0.1) is 0 Å². The van der Waals surface area contributed by atoms with Gasteiger partial charge in [-0.25, -0.2) is 0 Å². The van der Waals surface area contributed by atoms with Gasteiger partial charge in [-0.3, -0.25) is 4.79 Å². The molecule has 1 rings (SSSR count). The Morgan fingerprint density at radius 1 is 1.86 bits per heavy atom. The Bertz CT molecular complexity index is 130. The summed E-state index contributed by atoms with van der Waals surface area (Å²) in [6, 6.07) is 0. The Balaban J connectivity index is 2.67. The summed E-state index contributed by atoms with van der Waals surface area (Å²) in [6.45, 7) is 0. The van der Waals surface area contributed by atoms with Gasteiger partial charge in [-0.1, -0.05) is 27.7 Å². The number of carbonyl (C=O) groups is 1. The van der Waals surface area contributed by atoms with E-state index in [1.807, 2.05) is 0 Å². The summed E-state index contributed by atoms with van der Waals surface area (Å²) in [4.78, 5) is 10.3. The van der Waals surface area contributed by atoms with Gasteiger partial charge in [-0.15, -0.1) is 0 Å². The minimum atomic E-state index is 0.159. The maximum absolute atomic E-state index is 10.3. The van der Waals surface area contributed by atoms with Crippen molar-refractivity contribution in [1.29, 1.82) is 0 Å². The SMILES string of the molecule is O=C1C=C(Br)CS1. The number of hydrogen-bond acceptors (Lipinski definition) is 2. The second-order valence-corrected chi connectivity index (χ2v) is 3.20. The lowest BCUT2D eigenvalue weighted by Crippen LogP contribution is -1.72. The van der Waals surface area contributed by atoms with E-state index in [0.717, 1.165) is 10.2 Å². The molecular weight excluding hydrogens is 176 g/mol. The predicted octanol–water partition coefficient (Wildman–Crippen LogP) is 1.54. The van der Waals surface area contributed by atoms with E-state index in [1.54, 1.807) is 6.08 Å². The van der Waals surface area contributed by atoms with Crippen molar-refractivity contribution in [3.63, 3.8) is 0 Å². The fraction of sp³-hybridized carbons (Fsp3) is 0.250. The van der Waals surface area contributed by atoms with Crippen molar-refractivity contribution < 1.29 is 4.79 Å². The Kier molecular flexibility index (Phi) is 1.54. The maximum Gasteiger partial charge on any atom is 0.213 e. The smallest absolute Gasteiger partial charge is 0.213 e. The van der Waals surface area contributed by atoms with E-state index in [2.05, 4.69) is 15.9 Å². The van der Waals surface area contributed by atoms with E-state index in [9.17, 15) is 4.79 Å². The monoisotopic (exact) mass is 178 g/mol. The fourth-order valence-corrected chi connectivity index (χ4v) is 1.64. The highest BCUT2D eigenvalue weighted by Gasteiger charge is 2.08. The lowest BCUT2D eigenvalue weighted by atomic mass is 10.6. The molecule has 0 N–H and O–H groups in total. The van der Waals surface area contributed by atoms with E-state index in [1.165, 1.54) is 11.8 Å². The van der Waals surface area contributed by atoms with Crippen LogP contribution in [0.1, 0.15) is 0 Å². The first kappa shape index (κ1) is 5.38. The van der Waals surface area contributed by atoms with Crippen molar-refractivity contribution in [3.05, 3.63) is 10.6 Å². The van der Waals surface area contributed by atoms with Gasteiger partial charge in [-0.2, -0.15) is 0 Å². The zero-order valence-electron chi connectivity index (χ0n) is 3.48. The fourth-order valence-electron chi connectivity index (χ4n) is 0.351. The molecule has 0 saturated heterocycles. The molecule has 0 atom stereocenters. The van der Waals surface area contributed by atoms with Gasteiger partial charge in [0.2, 0.25) is 5.12 Å². The second-order valence-electron chi connectivity index (χ2n) is 1.20. The van der Waals surface area contributed by atoms with Crippen LogP contribution in [0.5, 0.6) is 0 Å². The molecule has 7 heavy (non-hydrogen) atoms. The highest BCUT2D eigenvalue weighted by Crippen LogP contribution is 2.22. The molecule has 0 aliphatic carbocycles. The highest BCUT2D eigenvalue weighted by atomic mass is 79.9. The first-order valence-electron chi connectivity index (χ1n) is 1.82. The average molecular weight is 179 g/mol. The molecule has 3 heteroatoms. The molecule has 0 fully saturated rings. The van der Waals surface area contributed by atoms with E-state index in [-0.39, 0.29) is 5.12 Å². The van der Waals surface area contributed by atoms with Crippen LogP contribution in [0.2, 0.25) is 0 Å².